The van der Waals surface area contributed by atoms with Crippen LogP contribution in [-0.4, -0.2) is 22.3 Å². The summed E-state index contributed by atoms with van der Waals surface area (Å²) in [5.74, 6) is 0.511. The van der Waals surface area contributed by atoms with Crippen LogP contribution >= 0.6 is 11.3 Å². The van der Waals surface area contributed by atoms with Gasteiger partial charge in [0.1, 0.15) is 0 Å². The molecule has 0 spiro atoms. The molecule has 0 radical (unpaired) electrons. The molecule has 0 aromatic carbocycles. The Kier molecular flexibility index (Phi) is 2.32. The molecule has 2 fully saturated rings. The molecule has 3 aliphatic rings. The summed E-state index contributed by atoms with van der Waals surface area (Å²) in [4.78, 5) is 5.91. The molecule has 4 heteroatoms. The van der Waals surface area contributed by atoms with Crippen molar-refractivity contribution in [2.24, 2.45) is 0 Å². The fourth-order valence-corrected chi connectivity index (χ4v) is 4.77. The van der Waals surface area contributed by atoms with Crippen LogP contribution < -0.4 is 0 Å². The minimum atomic E-state index is -0.260. The zero-order valence-corrected chi connectivity index (χ0v) is 10.6. The number of nitrogens with zero attached hydrogens (tertiary/aromatic N) is 1. The number of aliphatic hydroxyl groups is 1. The van der Waals surface area contributed by atoms with E-state index in [9.17, 15) is 5.11 Å². The van der Waals surface area contributed by atoms with E-state index in [0.29, 0.717) is 18.1 Å². The average Bonchev–Trinajstić information content (AvgIpc) is 3.03. The number of aryl methyl sites for hydroxylation is 1. The van der Waals surface area contributed by atoms with Crippen molar-refractivity contribution in [3.05, 3.63) is 15.6 Å². The molecule has 1 aromatic rings. The maximum Gasteiger partial charge on any atom is 0.0989 e. The molecule has 4 unspecified atom stereocenters. The fourth-order valence-electron chi connectivity index (χ4n) is 3.47. The second-order valence-electron chi connectivity index (χ2n) is 5.49. The van der Waals surface area contributed by atoms with E-state index < -0.39 is 0 Å². The number of thiazole rings is 1. The standard InChI is InChI=1S/C13H17NO2S/c15-10-3-1-2-9-12(10)17-13(14-9)8-6-7-4-5-11(8)16-7/h7-8,10-11,15H,1-6H2. The van der Waals surface area contributed by atoms with Gasteiger partial charge in [0.15, 0.2) is 0 Å². The van der Waals surface area contributed by atoms with Crippen LogP contribution in [0.4, 0.5) is 0 Å². The van der Waals surface area contributed by atoms with Gasteiger partial charge < -0.3 is 9.84 Å². The first-order chi connectivity index (χ1) is 8.31. The Balaban J connectivity index is 1.66. The number of hydrogen-bond donors (Lipinski definition) is 1. The minimum Gasteiger partial charge on any atom is -0.388 e. The van der Waals surface area contributed by atoms with Gasteiger partial charge in [-0.2, -0.15) is 0 Å². The third-order valence-corrected chi connectivity index (χ3v) is 5.69. The highest BCUT2D eigenvalue weighted by Gasteiger charge is 2.43. The number of aliphatic hydroxyl groups excluding tert-OH is 1. The van der Waals surface area contributed by atoms with E-state index in [1.54, 1.807) is 11.3 Å². The van der Waals surface area contributed by atoms with Crippen molar-refractivity contribution >= 4 is 11.3 Å². The Labute approximate surface area is 105 Å². The van der Waals surface area contributed by atoms with Crippen LogP contribution in [0, 0.1) is 0 Å². The Bertz CT molecular complexity index is 445. The zero-order valence-electron chi connectivity index (χ0n) is 9.76. The van der Waals surface area contributed by atoms with E-state index in [1.165, 1.54) is 17.8 Å². The lowest BCUT2D eigenvalue weighted by molar-refractivity contribution is 0.100. The lowest BCUT2D eigenvalue weighted by Gasteiger charge is -2.15. The molecule has 1 aliphatic carbocycles. The number of ether oxygens (including phenoxy) is 1. The van der Waals surface area contributed by atoms with E-state index in [0.717, 1.165) is 36.3 Å². The SMILES string of the molecule is OC1CCCc2nc(C3CC4CCC3O4)sc21. The van der Waals surface area contributed by atoms with Crippen molar-refractivity contribution in [2.75, 3.05) is 0 Å². The normalized spacial score (nSPS) is 39.6. The van der Waals surface area contributed by atoms with Crippen molar-refractivity contribution in [2.45, 2.75) is 62.8 Å². The molecule has 2 bridgehead atoms. The Hall–Kier alpha value is -0.450. The molecular weight excluding hydrogens is 234 g/mol. The number of hydrogen-bond acceptors (Lipinski definition) is 4. The maximum absolute atomic E-state index is 9.99. The first-order valence-electron chi connectivity index (χ1n) is 6.64. The first kappa shape index (κ1) is 10.5. The van der Waals surface area contributed by atoms with Crippen LogP contribution in [-0.2, 0) is 11.2 Å². The van der Waals surface area contributed by atoms with E-state index >= 15 is 0 Å². The summed E-state index contributed by atoms with van der Waals surface area (Å²) < 4.78 is 5.90. The van der Waals surface area contributed by atoms with Crippen molar-refractivity contribution in [3.63, 3.8) is 0 Å². The minimum absolute atomic E-state index is 0.260. The summed E-state index contributed by atoms with van der Waals surface area (Å²) >= 11 is 1.74. The lowest BCUT2D eigenvalue weighted by Crippen LogP contribution is -2.14. The summed E-state index contributed by atoms with van der Waals surface area (Å²) in [5, 5.41) is 11.2. The van der Waals surface area contributed by atoms with Gasteiger partial charge >= 0.3 is 0 Å². The van der Waals surface area contributed by atoms with Gasteiger partial charge in [0.05, 0.1) is 33.9 Å². The predicted octanol–water partition coefficient (Wildman–Crippen LogP) is 2.55. The van der Waals surface area contributed by atoms with E-state index in [1.807, 2.05) is 0 Å². The molecule has 17 heavy (non-hydrogen) atoms. The Morgan fingerprint density at radius 1 is 1.29 bits per heavy atom. The van der Waals surface area contributed by atoms with Crippen LogP contribution in [0.15, 0.2) is 0 Å². The van der Waals surface area contributed by atoms with Gasteiger partial charge in [0, 0.05) is 5.92 Å². The second kappa shape index (κ2) is 3.77. The molecule has 2 saturated heterocycles. The van der Waals surface area contributed by atoms with Crippen molar-refractivity contribution < 1.29 is 9.84 Å². The molecule has 3 nitrogen and oxygen atoms in total. The van der Waals surface area contributed by atoms with E-state index in [4.69, 9.17) is 9.72 Å². The Morgan fingerprint density at radius 3 is 2.94 bits per heavy atom. The maximum atomic E-state index is 9.99. The zero-order chi connectivity index (χ0) is 11.4. The van der Waals surface area contributed by atoms with Crippen molar-refractivity contribution in [3.8, 4) is 0 Å². The van der Waals surface area contributed by atoms with Gasteiger partial charge in [-0.15, -0.1) is 11.3 Å². The smallest absolute Gasteiger partial charge is 0.0989 e. The fraction of sp³-hybridized carbons (Fsp3) is 0.769. The molecule has 3 heterocycles. The monoisotopic (exact) mass is 251 g/mol. The third-order valence-electron chi connectivity index (χ3n) is 4.36. The highest BCUT2D eigenvalue weighted by atomic mass is 32.1. The number of fused-ring (bicyclic) bond motifs is 3. The van der Waals surface area contributed by atoms with Crippen molar-refractivity contribution in [1.82, 2.24) is 4.98 Å². The van der Waals surface area contributed by atoms with Gasteiger partial charge in [-0.05, 0) is 38.5 Å². The molecule has 2 aliphatic heterocycles. The molecule has 92 valence electrons. The topological polar surface area (TPSA) is 42.4 Å². The molecule has 0 amide bonds. The van der Waals surface area contributed by atoms with Crippen LogP contribution in [0.2, 0.25) is 0 Å². The van der Waals surface area contributed by atoms with Crippen LogP contribution in [0.1, 0.15) is 59.7 Å². The quantitative estimate of drug-likeness (QED) is 0.834. The predicted molar refractivity (Wildman–Crippen MR) is 65.3 cm³/mol. The van der Waals surface area contributed by atoms with Crippen LogP contribution in [0.5, 0.6) is 0 Å². The van der Waals surface area contributed by atoms with Gasteiger partial charge in [-0.1, -0.05) is 0 Å². The molecule has 0 saturated carbocycles. The molecule has 1 aromatic heterocycles. The van der Waals surface area contributed by atoms with Crippen LogP contribution in [0.25, 0.3) is 0 Å². The summed E-state index contributed by atoms with van der Waals surface area (Å²) in [6.45, 7) is 0. The Morgan fingerprint density at radius 2 is 2.24 bits per heavy atom. The van der Waals surface area contributed by atoms with Gasteiger partial charge in [-0.3, -0.25) is 0 Å². The highest BCUT2D eigenvalue weighted by molar-refractivity contribution is 7.12. The first-order valence-corrected chi connectivity index (χ1v) is 7.46. The largest absolute Gasteiger partial charge is 0.388 e. The van der Waals surface area contributed by atoms with Gasteiger partial charge in [0.2, 0.25) is 0 Å². The van der Waals surface area contributed by atoms with E-state index in [-0.39, 0.29) is 6.10 Å². The van der Waals surface area contributed by atoms with Gasteiger partial charge in [-0.25, -0.2) is 4.98 Å². The summed E-state index contributed by atoms with van der Waals surface area (Å²) in [6, 6.07) is 0. The molecule has 4 atom stereocenters. The highest BCUT2D eigenvalue weighted by Crippen LogP contribution is 2.47. The summed E-state index contributed by atoms with van der Waals surface area (Å²) in [5.41, 5.74) is 1.16. The third kappa shape index (κ3) is 1.58. The summed E-state index contributed by atoms with van der Waals surface area (Å²) in [7, 11) is 0. The molecular formula is C13H17NO2S. The van der Waals surface area contributed by atoms with Crippen LogP contribution in [0.3, 0.4) is 0 Å². The van der Waals surface area contributed by atoms with Crippen molar-refractivity contribution in [1.29, 1.82) is 0 Å². The number of aromatic nitrogens is 1. The average molecular weight is 251 g/mol. The number of rotatable bonds is 1. The lowest BCUT2D eigenvalue weighted by atomic mass is 9.90. The molecule has 4 rings (SSSR count). The second-order valence-corrected chi connectivity index (χ2v) is 6.55. The summed E-state index contributed by atoms with van der Waals surface area (Å²) in [6.07, 6.45) is 7.23. The van der Waals surface area contributed by atoms with E-state index in [2.05, 4.69) is 0 Å². The molecule has 1 N–H and O–H groups in total. The van der Waals surface area contributed by atoms with Gasteiger partial charge in [0.25, 0.3) is 0 Å².